The minimum absolute atomic E-state index is 0. The van der Waals surface area contributed by atoms with Crippen molar-refractivity contribution in [2.75, 3.05) is 13.1 Å². The van der Waals surface area contributed by atoms with Crippen molar-refractivity contribution in [1.82, 2.24) is 4.90 Å². The van der Waals surface area contributed by atoms with Crippen LogP contribution in [0.3, 0.4) is 0 Å². The zero-order chi connectivity index (χ0) is 11.1. The first-order chi connectivity index (χ1) is 7.27. The maximum absolute atomic E-state index is 11.7. The lowest BCUT2D eigenvalue weighted by atomic mass is 10.3. The Kier molecular flexibility index (Phi) is 7.89. The van der Waals surface area contributed by atoms with Crippen molar-refractivity contribution in [3.8, 4) is 0 Å². The fourth-order valence-electron chi connectivity index (χ4n) is 1.28. The second kappa shape index (κ2) is 8.33. The van der Waals surface area contributed by atoms with Crippen molar-refractivity contribution in [3.05, 3.63) is 35.0 Å². The van der Waals surface area contributed by atoms with Gasteiger partial charge in [0, 0.05) is 24.4 Å². The third-order valence-corrected chi connectivity index (χ3v) is 2.85. The summed E-state index contributed by atoms with van der Waals surface area (Å²) in [6, 6.07) is 4.01. The van der Waals surface area contributed by atoms with Crippen molar-refractivity contribution in [3.63, 3.8) is 0 Å². The molecule has 1 aromatic heterocycles. The Labute approximate surface area is 106 Å². The number of carbonyl (C=O) groups is 1. The van der Waals surface area contributed by atoms with Gasteiger partial charge < -0.3 is 10.6 Å². The van der Waals surface area contributed by atoms with Crippen LogP contribution in [0.4, 0.5) is 0 Å². The topological polar surface area (TPSA) is 46.3 Å². The van der Waals surface area contributed by atoms with Crippen LogP contribution in [0.2, 0.25) is 0 Å². The van der Waals surface area contributed by atoms with Gasteiger partial charge >= 0.3 is 0 Å². The van der Waals surface area contributed by atoms with Crippen LogP contribution in [0.25, 0.3) is 0 Å². The molecule has 1 heterocycles. The summed E-state index contributed by atoms with van der Waals surface area (Å²) in [5.41, 5.74) is 5.37. The highest BCUT2D eigenvalue weighted by molar-refractivity contribution is 7.09. The highest BCUT2D eigenvalue weighted by Crippen LogP contribution is 2.12. The molecule has 1 rings (SSSR count). The zero-order valence-electron chi connectivity index (χ0n) is 9.09. The van der Waals surface area contributed by atoms with E-state index in [1.165, 1.54) is 4.88 Å². The number of hydrogen-bond acceptors (Lipinski definition) is 3. The Hall–Kier alpha value is -0.840. The van der Waals surface area contributed by atoms with Crippen molar-refractivity contribution in [2.24, 2.45) is 5.73 Å². The number of nitrogens with zero attached hydrogens (tertiary/aromatic N) is 1. The van der Waals surface area contributed by atoms with E-state index in [0.29, 0.717) is 26.1 Å². The van der Waals surface area contributed by atoms with Crippen molar-refractivity contribution in [2.45, 2.75) is 13.0 Å². The largest absolute Gasteiger partial charge is 0.334 e. The quantitative estimate of drug-likeness (QED) is 0.796. The lowest BCUT2D eigenvalue weighted by Gasteiger charge is -2.19. The molecule has 0 unspecified atom stereocenters. The van der Waals surface area contributed by atoms with E-state index in [2.05, 4.69) is 6.58 Å². The van der Waals surface area contributed by atoms with Crippen LogP contribution in [0.5, 0.6) is 0 Å². The molecule has 0 radical (unpaired) electrons. The molecular formula is C11H17ClN2OS. The number of thiophene rings is 1. The van der Waals surface area contributed by atoms with Gasteiger partial charge in [-0.25, -0.2) is 0 Å². The smallest absolute Gasteiger partial charge is 0.224 e. The maximum Gasteiger partial charge on any atom is 0.224 e. The van der Waals surface area contributed by atoms with E-state index in [9.17, 15) is 4.79 Å². The highest BCUT2D eigenvalue weighted by Gasteiger charge is 2.11. The van der Waals surface area contributed by atoms with Crippen molar-refractivity contribution in [1.29, 1.82) is 0 Å². The van der Waals surface area contributed by atoms with E-state index in [-0.39, 0.29) is 18.3 Å². The van der Waals surface area contributed by atoms with Crippen LogP contribution < -0.4 is 5.73 Å². The van der Waals surface area contributed by atoms with Gasteiger partial charge in [0.05, 0.1) is 6.54 Å². The Bertz CT molecular complexity index is 314. The standard InChI is InChI=1S/C11H16N2OS.ClH/c1-2-7-13(11(14)5-6-12)9-10-4-3-8-15-10;/h2-4,8H,1,5-7,9,12H2;1H. The van der Waals surface area contributed by atoms with Crippen LogP contribution in [0, 0.1) is 0 Å². The summed E-state index contributed by atoms with van der Waals surface area (Å²) in [4.78, 5) is 14.6. The first-order valence-electron chi connectivity index (χ1n) is 4.89. The fraction of sp³-hybridized carbons (Fsp3) is 0.364. The molecule has 0 saturated carbocycles. The normalized spacial score (nSPS) is 9.31. The molecule has 0 aliphatic carbocycles. The van der Waals surface area contributed by atoms with Crippen LogP contribution in [-0.2, 0) is 11.3 Å². The maximum atomic E-state index is 11.7. The number of carbonyl (C=O) groups excluding carboxylic acids is 1. The summed E-state index contributed by atoms with van der Waals surface area (Å²) in [5, 5.41) is 2.01. The molecule has 5 heteroatoms. The number of nitrogens with two attached hydrogens (primary N) is 1. The third kappa shape index (κ3) is 4.79. The predicted molar refractivity (Wildman–Crippen MR) is 70.9 cm³/mol. The Morgan fingerprint density at radius 1 is 1.62 bits per heavy atom. The lowest BCUT2D eigenvalue weighted by molar-refractivity contribution is -0.131. The van der Waals surface area contributed by atoms with Gasteiger partial charge in [0.2, 0.25) is 5.91 Å². The molecule has 0 aliphatic heterocycles. The molecule has 0 fully saturated rings. The molecule has 0 saturated heterocycles. The van der Waals surface area contributed by atoms with Gasteiger partial charge in [0.15, 0.2) is 0 Å². The number of hydrogen-bond donors (Lipinski definition) is 1. The molecule has 0 aromatic carbocycles. The summed E-state index contributed by atoms with van der Waals surface area (Å²) in [7, 11) is 0. The Morgan fingerprint density at radius 3 is 2.88 bits per heavy atom. The van der Waals surface area contributed by atoms with Gasteiger partial charge in [-0.05, 0) is 11.4 Å². The summed E-state index contributed by atoms with van der Waals surface area (Å²) in [6.45, 7) is 5.29. The highest BCUT2D eigenvalue weighted by atomic mass is 35.5. The molecule has 0 atom stereocenters. The van der Waals surface area contributed by atoms with E-state index in [1.54, 1.807) is 22.3 Å². The second-order valence-corrected chi connectivity index (χ2v) is 4.21. The van der Waals surface area contributed by atoms with Crippen LogP contribution >= 0.6 is 23.7 Å². The number of amides is 1. The average molecular weight is 261 g/mol. The van der Waals surface area contributed by atoms with E-state index < -0.39 is 0 Å². The predicted octanol–water partition coefficient (Wildman–Crippen LogP) is 2.03. The molecule has 1 amide bonds. The molecule has 16 heavy (non-hydrogen) atoms. The van der Waals surface area contributed by atoms with Gasteiger partial charge in [0.25, 0.3) is 0 Å². The van der Waals surface area contributed by atoms with E-state index in [4.69, 9.17) is 5.73 Å². The molecule has 2 N–H and O–H groups in total. The minimum Gasteiger partial charge on any atom is -0.334 e. The molecule has 1 aromatic rings. The van der Waals surface area contributed by atoms with E-state index in [0.717, 1.165) is 0 Å². The molecule has 0 spiro atoms. The summed E-state index contributed by atoms with van der Waals surface area (Å²) >= 11 is 1.65. The Morgan fingerprint density at radius 2 is 2.38 bits per heavy atom. The number of rotatable bonds is 6. The molecule has 90 valence electrons. The first kappa shape index (κ1) is 15.2. The SMILES string of the molecule is C=CCN(Cc1cccs1)C(=O)CCN.Cl. The lowest BCUT2D eigenvalue weighted by Crippen LogP contribution is -2.31. The fourth-order valence-corrected chi connectivity index (χ4v) is 2.00. The third-order valence-electron chi connectivity index (χ3n) is 1.99. The molecule has 0 bridgehead atoms. The number of halogens is 1. The van der Waals surface area contributed by atoms with Gasteiger partial charge in [-0.1, -0.05) is 12.1 Å². The van der Waals surface area contributed by atoms with Gasteiger partial charge in [0.1, 0.15) is 0 Å². The van der Waals surface area contributed by atoms with Gasteiger partial charge in [-0.2, -0.15) is 0 Å². The van der Waals surface area contributed by atoms with Gasteiger partial charge in [-0.15, -0.1) is 30.3 Å². The van der Waals surface area contributed by atoms with E-state index >= 15 is 0 Å². The summed E-state index contributed by atoms with van der Waals surface area (Å²) in [5.74, 6) is 0.0887. The molecular weight excluding hydrogens is 244 g/mol. The molecule has 3 nitrogen and oxygen atoms in total. The zero-order valence-corrected chi connectivity index (χ0v) is 10.7. The van der Waals surface area contributed by atoms with Crippen LogP contribution in [0.1, 0.15) is 11.3 Å². The second-order valence-electron chi connectivity index (χ2n) is 3.18. The average Bonchev–Trinajstić information content (AvgIpc) is 2.70. The summed E-state index contributed by atoms with van der Waals surface area (Å²) in [6.07, 6.45) is 2.14. The monoisotopic (exact) mass is 260 g/mol. The van der Waals surface area contributed by atoms with E-state index in [1.807, 2.05) is 17.5 Å². The first-order valence-corrected chi connectivity index (χ1v) is 5.77. The summed E-state index contributed by atoms with van der Waals surface area (Å²) < 4.78 is 0. The van der Waals surface area contributed by atoms with Crippen molar-refractivity contribution < 1.29 is 4.79 Å². The van der Waals surface area contributed by atoms with Crippen LogP contribution in [-0.4, -0.2) is 23.9 Å². The molecule has 0 aliphatic rings. The van der Waals surface area contributed by atoms with Crippen LogP contribution in [0.15, 0.2) is 30.2 Å². The minimum atomic E-state index is 0. The van der Waals surface area contributed by atoms with Crippen molar-refractivity contribution >= 4 is 29.7 Å². The van der Waals surface area contributed by atoms with Gasteiger partial charge in [-0.3, -0.25) is 4.79 Å². The Balaban J connectivity index is 0.00000225.